The molecule has 1 amide bonds. The van der Waals surface area contributed by atoms with E-state index in [1.807, 2.05) is 29.6 Å². The van der Waals surface area contributed by atoms with Crippen molar-refractivity contribution in [3.05, 3.63) is 18.2 Å². The minimum atomic E-state index is 0. The quantitative estimate of drug-likeness (QED) is 0.909. The fourth-order valence-corrected chi connectivity index (χ4v) is 2.46. The molecule has 1 aliphatic rings. The summed E-state index contributed by atoms with van der Waals surface area (Å²) in [5, 5.41) is 0. The third-order valence-electron chi connectivity index (χ3n) is 3.31. The first-order valence-corrected chi connectivity index (χ1v) is 5.65. The molecule has 0 saturated carbocycles. The molecule has 1 saturated heterocycles. The molecule has 1 aromatic rings. The van der Waals surface area contributed by atoms with Gasteiger partial charge in [-0.25, -0.2) is 4.98 Å². The lowest BCUT2D eigenvalue weighted by Gasteiger charge is -2.26. The first-order chi connectivity index (χ1) is 7.69. The molecule has 2 N–H and O–H groups in total. The Hall–Kier alpha value is -0.780. The van der Waals surface area contributed by atoms with Gasteiger partial charge in [0, 0.05) is 38.3 Å². The highest BCUT2D eigenvalue weighted by molar-refractivity contribution is 5.85. The van der Waals surface area contributed by atoms with E-state index in [0.717, 1.165) is 5.82 Å². The molecule has 0 aliphatic carbocycles. The lowest BCUT2D eigenvalue weighted by molar-refractivity contribution is -0.128. The molecule has 1 aliphatic heterocycles. The summed E-state index contributed by atoms with van der Waals surface area (Å²) in [5.41, 5.74) is 5.74. The van der Waals surface area contributed by atoms with Gasteiger partial charge in [-0.1, -0.05) is 0 Å². The van der Waals surface area contributed by atoms with E-state index in [1.165, 1.54) is 0 Å². The van der Waals surface area contributed by atoms with Crippen LogP contribution in [0, 0.1) is 5.92 Å². The zero-order valence-electron chi connectivity index (χ0n) is 10.6. The normalized spacial score (nSPS) is 22.6. The van der Waals surface area contributed by atoms with Crippen molar-refractivity contribution in [1.29, 1.82) is 0 Å². The summed E-state index contributed by atoms with van der Waals surface area (Å²) in [6, 6.07) is 0.0440. The Labute approximate surface area is 120 Å². The highest BCUT2D eigenvalue weighted by atomic mass is 35.5. The third kappa shape index (κ3) is 2.79. The average Bonchev–Trinajstić information content (AvgIpc) is 2.81. The van der Waals surface area contributed by atoms with Gasteiger partial charge in [0.1, 0.15) is 5.82 Å². The van der Waals surface area contributed by atoms with Gasteiger partial charge in [0.15, 0.2) is 0 Å². The maximum absolute atomic E-state index is 11.8. The maximum atomic E-state index is 11.8. The molecule has 2 rings (SSSR count). The summed E-state index contributed by atoms with van der Waals surface area (Å²) in [7, 11) is 1.95. The van der Waals surface area contributed by atoms with Gasteiger partial charge in [-0.2, -0.15) is 0 Å². The van der Waals surface area contributed by atoms with Gasteiger partial charge in [0.25, 0.3) is 0 Å². The van der Waals surface area contributed by atoms with E-state index in [2.05, 4.69) is 4.98 Å². The molecular formula is C11H20Cl2N4O. The Balaban J connectivity index is 0.00000144. The average molecular weight is 295 g/mol. The molecule has 1 fully saturated rings. The second kappa shape index (κ2) is 6.97. The Kier molecular flexibility index (Phi) is 6.67. The second-order valence-corrected chi connectivity index (χ2v) is 4.22. The second-order valence-electron chi connectivity index (χ2n) is 4.22. The van der Waals surface area contributed by atoms with Crippen LogP contribution in [0.2, 0.25) is 0 Å². The van der Waals surface area contributed by atoms with Gasteiger partial charge in [0.05, 0.1) is 6.04 Å². The number of amides is 1. The zero-order chi connectivity index (χ0) is 11.7. The molecule has 1 aromatic heterocycles. The minimum absolute atomic E-state index is 0. The van der Waals surface area contributed by atoms with Crippen molar-refractivity contribution in [3.63, 3.8) is 0 Å². The summed E-state index contributed by atoms with van der Waals surface area (Å²) in [6.45, 7) is 3.24. The van der Waals surface area contributed by atoms with Crippen molar-refractivity contribution in [2.75, 3.05) is 13.1 Å². The van der Waals surface area contributed by atoms with E-state index < -0.39 is 0 Å². The Morgan fingerprint density at radius 1 is 1.50 bits per heavy atom. The van der Waals surface area contributed by atoms with Gasteiger partial charge >= 0.3 is 0 Å². The smallest absolute Gasteiger partial charge is 0.223 e. The number of hydrogen-bond acceptors (Lipinski definition) is 3. The first kappa shape index (κ1) is 17.2. The van der Waals surface area contributed by atoms with Crippen LogP contribution in [0.1, 0.15) is 25.2 Å². The van der Waals surface area contributed by atoms with Crippen molar-refractivity contribution in [1.82, 2.24) is 14.5 Å². The molecule has 2 unspecified atom stereocenters. The van der Waals surface area contributed by atoms with Crippen LogP contribution in [0.4, 0.5) is 0 Å². The minimum Gasteiger partial charge on any atom is -0.336 e. The van der Waals surface area contributed by atoms with Crippen molar-refractivity contribution < 1.29 is 4.79 Å². The van der Waals surface area contributed by atoms with Gasteiger partial charge in [-0.3, -0.25) is 4.79 Å². The van der Waals surface area contributed by atoms with Crippen LogP contribution < -0.4 is 5.73 Å². The summed E-state index contributed by atoms with van der Waals surface area (Å²) < 4.78 is 1.97. The van der Waals surface area contributed by atoms with E-state index in [4.69, 9.17) is 5.73 Å². The summed E-state index contributed by atoms with van der Waals surface area (Å²) in [5.74, 6) is 1.31. The van der Waals surface area contributed by atoms with E-state index in [0.29, 0.717) is 19.5 Å². The maximum Gasteiger partial charge on any atom is 0.223 e. The van der Waals surface area contributed by atoms with Crippen LogP contribution in [0.15, 0.2) is 12.4 Å². The number of rotatable bonds is 3. The molecule has 5 nitrogen and oxygen atoms in total. The van der Waals surface area contributed by atoms with Gasteiger partial charge in [-0.15, -0.1) is 24.8 Å². The number of carbonyl (C=O) groups excluding carboxylic acids is 1. The van der Waals surface area contributed by atoms with Gasteiger partial charge in [0.2, 0.25) is 5.91 Å². The molecule has 2 heterocycles. The van der Waals surface area contributed by atoms with E-state index in [-0.39, 0.29) is 42.7 Å². The SMILES string of the molecule is CCN1C(=O)CC(CN)C1c1nccn1C.Cl.Cl. The lowest BCUT2D eigenvalue weighted by Crippen LogP contribution is -2.32. The summed E-state index contributed by atoms with van der Waals surface area (Å²) >= 11 is 0. The van der Waals surface area contributed by atoms with Crippen LogP contribution in [0.3, 0.4) is 0 Å². The summed E-state index contributed by atoms with van der Waals surface area (Å²) in [6.07, 6.45) is 4.21. The standard InChI is InChI=1S/C11H18N4O.2ClH/c1-3-15-9(16)6-8(7-12)10(15)11-13-4-5-14(11)2;;/h4-5,8,10H,3,6-7,12H2,1-2H3;2*1H. The highest BCUT2D eigenvalue weighted by Gasteiger charge is 2.40. The number of hydrogen-bond donors (Lipinski definition) is 1. The molecule has 104 valence electrons. The molecule has 7 heteroatoms. The number of likely N-dealkylation sites (tertiary alicyclic amines) is 1. The molecule has 2 atom stereocenters. The van der Waals surface area contributed by atoms with Gasteiger partial charge in [-0.05, 0) is 13.5 Å². The predicted molar refractivity (Wildman–Crippen MR) is 75.0 cm³/mol. The van der Waals surface area contributed by atoms with E-state index in [1.54, 1.807) is 6.20 Å². The number of carbonyl (C=O) groups is 1. The number of halogens is 2. The lowest BCUT2D eigenvalue weighted by atomic mass is 10.00. The van der Waals surface area contributed by atoms with E-state index >= 15 is 0 Å². The number of nitrogens with zero attached hydrogens (tertiary/aromatic N) is 3. The molecule has 0 bridgehead atoms. The van der Waals surface area contributed by atoms with Crippen molar-refractivity contribution in [2.24, 2.45) is 18.7 Å². The third-order valence-corrected chi connectivity index (χ3v) is 3.31. The van der Waals surface area contributed by atoms with Crippen LogP contribution in [-0.2, 0) is 11.8 Å². The van der Waals surface area contributed by atoms with Crippen molar-refractivity contribution in [2.45, 2.75) is 19.4 Å². The molecule has 18 heavy (non-hydrogen) atoms. The summed E-state index contributed by atoms with van der Waals surface area (Å²) in [4.78, 5) is 18.0. The molecular weight excluding hydrogens is 275 g/mol. The highest BCUT2D eigenvalue weighted by Crippen LogP contribution is 2.36. The first-order valence-electron chi connectivity index (χ1n) is 5.65. The number of aryl methyl sites for hydroxylation is 1. The Morgan fingerprint density at radius 2 is 2.17 bits per heavy atom. The monoisotopic (exact) mass is 294 g/mol. The van der Waals surface area contributed by atoms with Crippen LogP contribution in [0.5, 0.6) is 0 Å². The van der Waals surface area contributed by atoms with Crippen LogP contribution in [0.25, 0.3) is 0 Å². The van der Waals surface area contributed by atoms with E-state index in [9.17, 15) is 4.79 Å². The fraction of sp³-hybridized carbons (Fsp3) is 0.636. The van der Waals surface area contributed by atoms with Crippen LogP contribution in [-0.4, -0.2) is 33.4 Å². The largest absolute Gasteiger partial charge is 0.336 e. The fourth-order valence-electron chi connectivity index (χ4n) is 2.46. The topological polar surface area (TPSA) is 64.2 Å². The van der Waals surface area contributed by atoms with Crippen LogP contribution >= 0.6 is 24.8 Å². The Bertz CT molecular complexity index is 396. The Morgan fingerprint density at radius 3 is 2.61 bits per heavy atom. The molecule has 0 spiro atoms. The molecule has 0 radical (unpaired) electrons. The number of aromatic nitrogens is 2. The number of imidazole rings is 1. The van der Waals surface area contributed by atoms with Crippen molar-refractivity contribution >= 4 is 30.7 Å². The van der Waals surface area contributed by atoms with Crippen molar-refractivity contribution in [3.8, 4) is 0 Å². The van der Waals surface area contributed by atoms with Gasteiger partial charge < -0.3 is 15.2 Å². The number of nitrogens with two attached hydrogens (primary N) is 1. The molecule has 0 aromatic carbocycles. The zero-order valence-corrected chi connectivity index (χ0v) is 12.2. The predicted octanol–water partition coefficient (Wildman–Crippen LogP) is 1.13.